The minimum Gasteiger partial charge on any atom is -0.334 e. The molecule has 2 heterocycles. The van der Waals surface area contributed by atoms with E-state index in [4.69, 9.17) is 4.98 Å². The van der Waals surface area contributed by atoms with Crippen LogP contribution in [0.4, 0.5) is 4.79 Å². The standard InChI is InChI=1S/C24H28N4O/c1-18-8-10-20(11-9-18)15-26-24(29)27-13-12-22(17-27)23-25-14-19(2)28(23)16-21-6-4-3-5-7-21/h3-11,14,22H,12-13,15-17H2,1-2H3,(H,26,29). The van der Waals surface area contributed by atoms with Gasteiger partial charge in [0.25, 0.3) is 0 Å². The van der Waals surface area contributed by atoms with Gasteiger partial charge in [-0.15, -0.1) is 0 Å². The number of imidazole rings is 1. The molecule has 1 aliphatic heterocycles. The van der Waals surface area contributed by atoms with E-state index in [9.17, 15) is 4.79 Å². The number of urea groups is 1. The maximum absolute atomic E-state index is 12.6. The van der Waals surface area contributed by atoms with Crippen LogP contribution in [-0.2, 0) is 13.1 Å². The van der Waals surface area contributed by atoms with Crippen molar-refractivity contribution < 1.29 is 4.79 Å². The molecular formula is C24H28N4O. The zero-order valence-electron chi connectivity index (χ0n) is 17.1. The summed E-state index contributed by atoms with van der Waals surface area (Å²) in [6, 6.07) is 18.7. The number of amides is 2. The fourth-order valence-electron chi connectivity index (χ4n) is 3.93. The van der Waals surface area contributed by atoms with Gasteiger partial charge in [0.15, 0.2) is 0 Å². The predicted molar refractivity (Wildman–Crippen MR) is 115 cm³/mol. The number of carbonyl (C=O) groups is 1. The van der Waals surface area contributed by atoms with Gasteiger partial charge in [-0.05, 0) is 31.4 Å². The summed E-state index contributed by atoms with van der Waals surface area (Å²) in [5.74, 6) is 1.36. The SMILES string of the molecule is Cc1ccc(CNC(=O)N2CCC(c3ncc(C)n3Cc3ccccc3)C2)cc1. The van der Waals surface area contributed by atoms with Crippen molar-refractivity contribution in [2.45, 2.75) is 39.3 Å². The van der Waals surface area contributed by atoms with Gasteiger partial charge in [0.1, 0.15) is 5.82 Å². The van der Waals surface area contributed by atoms with E-state index < -0.39 is 0 Å². The number of aryl methyl sites for hydroxylation is 2. The van der Waals surface area contributed by atoms with Gasteiger partial charge in [0.2, 0.25) is 0 Å². The van der Waals surface area contributed by atoms with Crippen molar-refractivity contribution in [3.8, 4) is 0 Å². The first kappa shape index (κ1) is 19.2. The van der Waals surface area contributed by atoms with Gasteiger partial charge in [0.05, 0.1) is 0 Å². The number of hydrogen-bond donors (Lipinski definition) is 1. The summed E-state index contributed by atoms with van der Waals surface area (Å²) in [6.45, 7) is 7.02. The van der Waals surface area contributed by atoms with Crippen LogP contribution in [-0.4, -0.2) is 33.6 Å². The lowest BCUT2D eigenvalue weighted by atomic mass is 10.1. The molecule has 0 aliphatic carbocycles. The molecular weight excluding hydrogens is 360 g/mol. The number of nitrogens with one attached hydrogen (secondary N) is 1. The van der Waals surface area contributed by atoms with Crippen molar-refractivity contribution in [2.24, 2.45) is 0 Å². The van der Waals surface area contributed by atoms with Crippen molar-refractivity contribution >= 4 is 6.03 Å². The lowest BCUT2D eigenvalue weighted by molar-refractivity contribution is 0.207. The molecule has 1 unspecified atom stereocenters. The molecule has 1 aromatic heterocycles. The van der Waals surface area contributed by atoms with Gasteiger partial charge < -0.3 is 14.8 Å². The lowest BCUT2D eigenvalue weighted by Gasteiger charge is -2.18. The van der Waals surface area contributed by atoms with Crippen LogP contribution in [0.3, 0.4) is 0 Å². The van der Waals surface area contributed by atoms with Crippen molar-refractivity contribution in [1.82, 2.24) is 19.8 Å². The molecule has 2 amide bonds. The minimum absolute atomic E-state index is 0.00552. The summed E-state index contributed by atoms with van der Waals surface area (Å²) in [4.78, 5) is 19.2. The van der Waals surface area contributed by atoms with Crippen molar-refractivity contribution in [1.29, 1.82) is 0 Å². The summed E-state index contributed by atoms with van der Waals surface area (Å²) < 4.78 is 2.29. The van der Waals surface area contributed by atoms with Crippen molar-refractivity contribution in [3.05, 3.63) is 89.0 Å². The third-order valence-electron chi connectivity index (χ3n) is 5.67. The molecule has 2 aromatic carbocycles. The molecule has 5 heteroatoms. The molecule has 0 bridgehead atoms. The molecule has 150 valence electrons. The Morgan fingerprint density at radius 1 is 1.07 bits per heavy atom. The average molecular weight is 389 g/mol. The molecule has 0 spiro atoms. The second-order valence-electron chi connectivity index (χ2n) is 7.91. The largest absolute Gasteiger partial charge is 0.334 e. The van der Waals surface area contributed by atoms with E-state index in [2.05, 4.69) is 72.3 Å². The summed E-state index contributed by atoms with van der Waals surface area (Å²) in [5, 5.41) is 3.05. The fourth-order valence-corrected chi connectivity index (χ4v) is 3.93. The number of nitrogens with zero attached hydrogens (tertiary/aromatic N) is 3. The highest BCUT2D eigenvalue weighted by Gasteiger charge is 2.30. The van der Waals surface area contributed by atoms with E-state index in [-0.39, 0.29) is 11.9 Å². The molecule has 29 heavy (non-hydrogen) atoms. The van der Waals surface area contributed by atoms with Gasteiger partial charge in [-0.25, -0.2) is 9.78 Å². The third-order valence-corrected chi connectivity index (χ3v) is 5.67. The van der Waals surface area contributed by atoms with E-state index in [1.54, 1.807) is 0 Å². The van der Waals surface area contributed by atoms with E-state index in [1.165, 1.54) is 11.1 Å². The van der Waals surface area contributed by atoms with Gasteiger partial charge in [0, 0.05) is 44.0 Å². The van der Waals surface area contributed by atoms with Crippen LogP contribution in [0, 0.1) is 13.8 Å². The van der Waals surface area contributed by atoms with Gasteiger partial charge in [-0.2, -0.15) is 0 Å². The zero-order chi connectivity index (χ0) is 20.2. The highest BCUT2D eigenvalue weighted by Crippen LogP contribution is 2.27. The van der Waals surface area contributed by atoms with Crippen LogP contribution in [0.25, 0.3) is 0 Å². The molecule has 1 fully saturated rings. The van der Waals surface area contributed by atoms with E-state index in [1.807, 2.05) is 17.2 Å². The summed E-state index contributed by atoms with van der Waals surface area (Å²) in [5.41, 5.74) is 4.77. The number of carbonyl (C=O) groups excluding carboxylic acids is 1. The normalized spacial score (nSPS) is 16.2. The minimum atomic E-state index is 0.00552. The third kappa shape index (κ3) is 4.50. The topological polar surface area (TPSA) is 50.2 Å². The van der Waals surface area contributed by atoms with Crippen LogP contribution < -0.4 is 5.32 Å². The molecule has 0 radical (unpaired) electrons. The maximum atomic E-state index is 12.6. The Hall–Kier alpha value is -3.08. The summed E-state index contributed by atoms with van der Waals surface area (Å²) >= 11 is 0. The average Bonchev–Trinajstić information content (AvgIpc) is 3.36. The Morgan fingerprint density at radius 2 is 1.83 bits per heavy atom. The molecule has 1 aliphatic rings. The molecule has 1 saturated heterocycles. The second kappa shape index (κ2) is 8.52. The zero-order valence-corrected chi connectivity index (χ0v) is 17.1. The first-order valence-corrected chi connectivity index (χ1v) is 10.2. The fraction of sp³-hybridized carbons (Fsp3) is 0.333. The Bertz CT molecular complexity index is 962. The van der Waals surface area contributed by atoms with E-state index in [0.29, 0.717) is 13.1 Å². The molecule has 1 atom stereocenters. The Morgan fingerprint density at radius 3 is 2.59 bits per heavy atom. The van der Waals surface area contributed by atoms with Crippen LogP contribution in [0.5, 0.6) is 0 Å². The first-order valence-electron chi connectivity index (χ1n) is 10.2. The van der Waals surface area contributed by atoms with Gasteiger partial charge in [-0.1, -0.05) is 60.2 Å². The Kier molecular flexibility index (Phi) is 5.65. The van der Waals surface area contributed by atoms with Crippen LogP contribution in [0.15, 0.2) is 60.8 Å². The smallest absolute Gasteiger partial charge is 0.317 e. The molecule has 5 nitrogen and oxygen atoms in total. The predicted octanol–water partition coefficient (Wildman–Crippen LogP) is 4.25. The molecule has 4 rings (SSSR count). The van der Waals surface area contributed by atoms with E-state index in [0.717, 1.165) is 36.6 Å². The first-order chi connectivity index (χ1) is 14.1. The number of aromatic nitrogens is 2. The number of rotatable bonds is 5. The molecule has 0 saturated carbocycles. The van der Waals surface area contributed by atoms with Crippen molar-refractivity contribution in [3.63, 3.8) is 0 Å². The summed E-state index contributed by atoms with van der Waals surface area (Å²) in [6.07, 6.45) is 2.89. The number of hydrogen-bond acceptors (Lipinski definition) is 2. The van der Waals surface area contributed by atoms with Crippen LogP contribution in [0.2, 0.25) is 0 Å². The Labute approximate surface area is 172 Å². The number of benzene rings is 2. The van der Waals surface area contributed by atoms with E-state index >= 15 is 0 Å². The highest BCUT2D eigenvalue weighted by molar-refractivity contribution is 5.74. The maximum Gasteiger partial charge on any atom is 0.317 e. The lowest BCUT2D eigenvalue weighted by Crippen LogP contribution is -2.38. The van der Waals surface area contributed by atoms with Gasteiger partial charge in [-0.3, -0.25) is 0 Å². The molecule has 1 N–H and O–H groups in total. The Balaban J connectivity index is 1.38. The second-order valence-corrected chi connectivity index (χ2v) is 7.91. The number of likely N-dealkylation sites (tertiary alicyclic amines) is 1. The summed E-state index contributed by atoms with van der Waals surface area (Å²) in [7, 11) is 0. The van der Waals surface area contributed by atoms with Gasteiger partial charge >= 0.3 is 6.03 Å². The molecule has 3 aromatic rings. The quantitative estimate of drug-likeness (QED) is 0.710. The highest BCUT2D eigenvalue weighted by atomic mass is 16.2. The van der Waals surface area contributed by atoms with Crippen LogP contribution in [0.1, 0.15) is 40.5 Å². The monoisotopic (exact) mass is 388 g/mol. The van der Waals surface area contributed by atoms with Crippen LogP contribution >= 0.6 is 0 Å². The van der Waals surface area contributed by atoms with Crippen molar-refractivity contribution in [2.75, 3.05) is 13.1 Å².